The number of rotatable bonds is 8. The summed E-state index contributed by atoms with van der Waals surface area (Å²) in [6.07, 6.45) is 4.09. The minimum Gasteiger partial charge on any atom is -0.380 e. The van der Waals surface area contributed by atoms with Gasteiger partial charge in [0.05, 0.1) is 13.2 Å². The molecule has 9 heteroatoms. The van der Waals surface area contributed by atoms with Crippen molar-refractivity contribution in [1.29, 1.82) is 0 Å². The first-order valence-corrected chi connectivity index (χ1v) is 8.59. The van der Waals surface area contributed by atoms with Gasteiger partial charge >= 0.3 is 0 Å². The maximum atomic E-state index is 12.2. The summed E-state index contributed by atoms with van der Waals surface area (Å²) in [5.74, 6) is 0. The second-order valence-corrected chi connectivity index (χ2v) is 6.76. The number of aromatic nitrogens is 2. The molecule has 0 aliphatic heterocycles. The van der Waals surface area contributed by atoms with Gasteiger partial charge in [-0.1, -0.05) is 17.7 Å². The Labute approximate surface area is 126 Å². The van der Waals surface area contributed by atoms with Gasteiger partial charge in [0.2, 0.25) is 0 Å². The lowest BCUT2D eigenvalue weighted by atomic mass is 10.5. The SMILES string of the molecule is C=CCCOCCNS(=O)(=O)c1c(Cl)nc2sccn12. The Hall–Kier alpha value is -0.930. The van der Waals surface area contributed by atoms with E-state index >= 15 is 0 Å². The van der Waals surface area contributed by atoms with Gasteiger partial charge in [-0.25, -0.2) is 18.1 Å². The van der Waals surface area contributed by atoms with Crippen LogP contribution >= 0.6 is 22.9 Å². The van der Waals surface area contributed by atoms with Crippen LogP contribution in [0.1, 0.15) is 6.42 Å². The molecule has 0 aliphatic carbocycles. The third-order valence-corrected chi connectivity index (χ3v) is 5.05. The summed E-state index contributed by atoms with van der Waals surface area (Å²) in [6, 6.07) is 0. The molecular weight excluding hydrogens is 322 g/mol. The van der Waals surface area contributed by atoms with E-state index in [1.54, 1.807) is 17.7 Å². The van der Waals surface area contributed by atoms with Crippen LogP contribution in [0.2, 0.25) is 5.15 Å². The zero-order valence-electron chi connectivity index (χ0n) is 10.6. The number of sulfonamides is 1. The second-order valence-electron chi connectivity index (χ2n) is 3.85. The van der Waals surface area contributed by atoms with Gasteiger partial charge < -0.3 is 4.74 Å². The van der Waals surface area contributed by atoms with Crippen molar-refractivity contribution in [2.75, 3.05) is 19.8 Å². The van der Waals surface area contributed by atoms with Crippen molar-refractivity contribution in [3.8, 4) is 0 Å². The highest BCUT2D eigenvalue weighted by Crippen LogP contribution is 2.24. The largest absolute Gasteiger partial charge is 0.380 e. The molecule has 2 rings (SSSR count). The molecule has 2 aromatic rings. The molecule has 0 bridgehead atoms. The van der Waals surface area contributed by atoms with Crippen LogP contribution in [0, 0.1) is 0 Å². The van der Waals surface area contributed by atoms with E-state index in [-0.39, 0.29) is 23.3 Å². The van der Waals surface area contributed by atoms with E-state index < -0.39 is 10.0 Å². The molecule has 0 spiro atoms. The molecule has 0 saturated carbocycles. The Morgan fingerprint density at radius 1 is 1.55 bits per heavy atom. The van der Waals surface area contributed by atoms with Crippen LogP contribution in [-0.2, 0) is 14.8 Å². The van der Waals surface area contributed by atoms with Crippen LogP contribution in [0.4, 0.5) is 0 Å². The topological polar surface area (TPSA) is 72.7 Å². The maximum Gasteiger partial charge on any atom is 0.259 e. The minimum absolute atomic E-state index is 0.0306. The average Bonchev–Trinajstić information content (AvgIpc) is 2.92. The molecule has 0 fully saturated rings. The monoisotopic (exact) mass is 335 g/mol. The van der Waals surface area contributed by atoms with Crippen molar-refractivity contribution in [3.63, 3.8) is 0 Å². The van der Waals surface area contributed by atoms with E-state index in [1.807, 2.05) is 0 Å². The molecule has 1 N–H and O–H groups in total. The fraction of sp³-hybridized carbons (Fsp3) is 0.364. The van der Waals surface area contributed by atoms with Gasteiger partial charge in [0, 0.05) is 18.1 Å². The molecule has 0 radical (unpaired) electrons. The second kappa shape index (κ2) is 6.68. The minimum atomic E-state index is -3.71. The number of fused-ring (bicyclic) bond motifs is 1. The summed E-state index contributed by atoms with van der Waals surface area (Å²) in [5.41, 5.74) is 0. The van der Waals surface area contributed by atoms with Gasteiger partial charge in [0.25, 0.3) is 10.0 Å². The number of hydrogen-bond acceptors (Lipinski definition) is 5. The number of nitrogens with one attached hydrogen (secondary N) is 1. The zero-order chi connectivity index (χ0) is 14.6. The highest BCUT2D eigenvalue weighted by molar-refractivity contribution is 7.89. The number of halogens is 1. The molecule has 0 atom stereocenters. The van der Waals surface area contributed by atoms with Crippen LogP contribution in [0.5, 0.6) is 0 Å². The number of thiazole rings is 1. The summed E-state index contributed by atoms with van der Waals surface area (Å²) >= 11 is 7.21. The number of nitrogens with zero attached hydrogens (tertiary/aromatic N) is 2. The highest BCUT2D eigenvalue weighted by Gasteiger charge is 2.24. The lowest BCUT2D eigenvalue weighted by Gasteiger charge is -2.06. The number of hydrogen-bond donors (Lipinski definition) is 1. The molecule has 2 heterocycles. The molecule has 0 amide bonds. The Morgan fingerprint density at radius 2 is 2.35 bits per heavy atom. The first-order valence-electron chi connectivity index (χ1n) is 5.85. The van der Waals surface area contributed by atoms with Crippen LogP contribution < -0.4 is 4.72 Å². The predicted octanol–water partition coefficient (Wildman–Crippen LogP) is 1.92. The molecule has 0 aliphatic rings. The van der Waals surface area contributed by atoms with Crippen molar-refractivity contribution in [2.24, 2.45) is 0 Å². The average molecular weight is 336 g/mol. The van der Waals surface area contributed by atoms with Gasteiger partial charge in [0.1, 0.15) is 0 Å². The smallest absolute Gasteiger partial charge is 0.259 e. The first kappa shape index (κ1) is 15.5. The predicted molar refractivity (Wildman–Crippen MR) is 78.9 cm³/mol. The normalized spacial score (nSPS) is 12.1. The van der Waals surface area contributed by atoms with Gasteiger partial charge in [-0.15, -0.1) is 17.9 Å². The fourth-order valence-electron chi connectivity index (χ4n) is 1.56. The lowest BCUT2D eigenvalue weighted by molar-refractivity contribution is 0.144. The molecule has 0 aromatic carbocycles. The summed E-state index contributed by atoms with van der Waals surface area (Å²) in [6.45, 7) is 4.55. The Balaban J connectivity index is 2.01. The Morgan fingerprint density at radius 3 is 3.10 bits per heavy atom. The summed E-state index contributed by atoms with van der Waals surface area (Å²) in [4.78, 5) is 4.53. The Kier molecular flexibility index (Phi) is 5.17. The van der Waals surface area contributed by atoms with Crippen molar-refractivity contribution in [3.05, 3.63) is 29.4 Å². The number of ether oxygens (including phenoxy) is 1. The van der Waals surface area contributed by atoms with Crippen molar-refractivity contribution < 1.29 is 13.2 Å². The standard InChI is InChI=1S/C11H14ClN3O3S2/c1-2-3-6-18-7-4-13-20(16,17)10-9(12)14-11-15(10)5-8-19-11/h2,5,8,13H,1,3-4,6-7H2. The van der Waals surface area contributed by atoms with E-state index in [0.29, 0.717) is 11.6 Å². The molecular formula is C11H14ClN3O3S2. The van der Waals surface area contributed by atoms with Crippen LogP contribution in [0.25, 0.3) is 4.96 Å². The maximum absolute atomic E-state index is 12.2. The fourth-order valence-corrected chi connectivity index (χ4v) is 4.02. The number of imidazole rings is 1. The zero-order valence-corrected chi connectivity index (χ0v) is 13.0. The molecule has 0 saturated heterocycles. The lowest BCUT2D eigenvalue weighted by Crippen LogP contribution is -2.28. The molecule has 110 valence electrons. The Bertz CT molecular complexity index is 693. The van der Waals surface area contributed by atoms with Gasteiger partial charge in [-0.3, -0.25) is 4.40 Å². The molecule has 6 nitrogen and oxygen atoms in total. The molecule has 2 aromatic heterocycles. The van der Waals surface area contributed by atoms with Crippen molar-refractivity contribution >= 4 is 37.9 Å². The van der Waals surface area contributed by atoms with E-state index in [2.05, 4.69) is 16.3 Å². The quantitative estimate of drug-likeness (QED) is 0.591. The summed E-state index contributed by atoms with van der Waals surface area (Å²) in [5, 5.41) is 1.68. The third-order valence-electron chi connectivity index (χ3n) is 2.44. The summed E-state index contributed by atoms with van der Waals surface area (Å²) < 4.78 is 33.5. The van der Waals surface area contributed by atoms with E-state index in [9.17, 15) is 8.42 Å². The van der Waals surface area contributed by atoms with Crippen LogP contribution in [0.3, 0.4) is 0 Å². The van der Waals surface area contributed by atoms with Crippen molar-refractivity contribution in [2.45, 2.75) is 11.4 Å². The third kappa shape index (κ3) is 3.39. The van der Waals surface area contributed by atoms with E-state index in [1.165, 1.54) is 15.7 Å². The highest BCUT2D eigenvalue weighted by atomic mass is 35.5. The van der Waals surface area contributed by atoms with Gasteiger partial charge in [-0.2, -0.15) is 0 Å². The van der Waals surface area contributed by atoms with Gasteiger partial charge in [0.15, 0.2) is 15.1 Å². The summed E-state index contributed by atoms with van der Waals surface area (Å²) in [7, 11) is -3.71. The molecule has 20 heavy (non-hydrogen) atoms. The van der Waals surface area contributed by atoms with Crippen LogP contribution in [-0.4, -0.2) is 37.6 Å². The van der Waals surface area contributed by atoms with Crippen LogP contribution in [0.15, 0.2) is 29.3 Å². The van der Waals surface area contributed by atoms with E-state index in [0.717, 1.165) is 6.42 Å². The van der Waals surface area contributed by atoms with E-state index in [4.69, 9.17) is 16.3 Å². The van der Waals surface area contributed by atoms with Gasteiger partial charge in [-0.05, 0) is 6.42 Å². The first-order chi connectivity index (χ1) is 9.56. The van der Waals surface area contributed by atoms with Crippen molar-refractivity contribution in [1.82, 2.24) is 14.1 Å². The molecule has 0 unspecified atom stereocenters.